The van der Waals surface area contributed by atoms with Crippen LogP contribution in [-0.2, 0) is 10.2 Å². The monoisotopic (exact) mass is 268 g/mol. The molecule has 0 radical (unpaired) electrons. The Morgan fingerprint density at radius 2 is 2.05 bits per heavy atom. The van der Waals surface area contributed by atoms with E-state index in [1.165, 1.54) is 18.1 Å². The molecule has 1 aromatic heterocycles. The lowest BCUT2D eigenvalue weighted by Gasteiger charge is -2.18. The number of hydrogen-bond donors (Lipinski definition) is 1. The minimum absolute atomic E-state index is 0.00925. The van der Waals surface area contributed by atoms with Gasteiger partial charge in [-0.05, 0) is 0 Å². The van der Waals surface area contributed by atoms with Crippen molar-refractivity contribution in [1.29, 1.82) is 0 Å². The number of carbonyl (C=O) groups is 2. The molecule has 0 aliphatic carbocycles. The topological polar surface area (TPSA) is 83.6 Å². The summed E-state index contributed by atoms with van der Waals surface area (Å²) in [5, 5.41) is 8.82. The van der Waals surface area contributed by atoms with Crippen molar-refractivity contribution in [2.45, 2.75) is 33.1 Å². The number of carboxylic acids is 1. The largest absolute Gasteiger partial charge is 0.481 e. The molecule has 1 aromatic rings. The molecule has 1 N–H and O–H groups in total. The van der Waals surface area contributed by atoms with Gasteiger partial charge >= 0.3 is 11.9 Å². The smallest absolute Gasteiger partial charge is 0.309 e. The first kappa shape index (κ1) is 15.2. The van der Waals surface area contributed by atoms with Crippen LogP contribution < -0.4 is 0 Å². The van der Waals surface area contributed by atoms with Gasteiger partial charge in [-0.1, -0.05) is 27.7 Å². The summed E-state index contributed by atoms with van der Waals surface area (Å²) >= 11 is 0. The van der Waals surface area contributed by atoms with Crippen molar-refractivity contribution < 1.29 is 19.1 Å². The lowest BCUT2D eigenvalue weighted by molar-refractivity contribution is -0.141. The van der Waals surface area contributed by atoms with Gasteiger partial charge in [0.2, 0.25) is 0 Å². The molecule has 0 bridgehead atoms. The predicted octanol–water partition coefficient (Wildman–Crippen LogP) is 1.76. The van der Waals surface area contributed by atoms with Crippen LogP contribution in [-0.4, -0.2) is 40.5 Å². The quantitative estimate of drug-likeness (QED) is 0.899. The van der Waals surface area contributed by atoms with E-state index in [1.54, 1.807) is 6.92 Å². The molecule has 6 nitrogen and oxygen atoms in total. The van der Waals surface area contributed by atoms with Crippen LogP contribution in [0.25, 0.3) is 0 Å². The SMILES string of the molecule is CC(CN(C)C(=O)c1ncc(C(C)(C)C)o1)C(=O)O. The molecule has 1 amide bonds. The second-order valence-electron chi connectivity index (χ2n) is 5.70. The van der Waals surface area contributed by atoms with E-state index in [2.05, 4.69) is 4.98 Å². The third-order valence-corrected chi connectivity index (χ3v) is 2.74. The van der Waals surface area contributed by atoms with E-state index in [0.717, 1.165) is 0 Å². The Bertz CT molecular complexity index is 473. The Kier molecular flexibility index (Phi) is 4.34. The number of aromatic nitrogens is 1. The first-order valence-corrected chi connectivity index (χ1v) is 6.07. The summed E-state index contributed by atoms with van der Waals surface area (Å²) in [6.45, 7) is 7.53. The summed E-state index contributed by atoms with van der Waals surface area (Å²) in [7, 11) is 1.53. The van der Waals surface area contributed by atoms with Gasteiger partial charge < -0.3 is 14.4 Å². The van der Waals surface area contributed by atoms with Gasteiger partial charge in [-0.3, -0.25) is 9.59 Å². The number of carboxylic acid groups (broad SMARTS) is 1. The van der Waals surface area contributed by atoms with E-state index >= 15 is 0 Å². The Labute approximate surface area is 112 Å². The molecule has 1 unspecified atom stereocenters. The number of amides is 1. The molecule has 0 fully saturated rings. The number of nitrogens with zero attached hydrogens (tertiary/aromatic N) is 2. The second kappa shape index (κ2) is 5.42. The zero-order chi connectivity index (χ0) is 14.8. The van der Waals surface area contributed by atoms with Crippen molar-refractivity contribution in [3.05, 3.63) is 17.8 Å². The first-order chi connectivity index (χ1) is 8.62. The van der Waals surface area contributed by atoms with Crippen LogP contribution in [0.5, 0.6) is 0 Å². The molecule has 6 heteroatoms. The van der Waals surface area contributed by atoms with Crippen LogP contribution in [0.4, 0.5) is 0 Å². The maximum absolute atomic E-state index is 12.0. The fraction of sp³-hybridized carbons (Fsp3) is 0.615. The molecule has 19 heavy (non-hydrogen) atoms. The highest BCUT2D eigenvalue weighted by atomic mass is 16.4. The van der Waals surface area contributed by atoms with Gasteiger partial charge in [-0.15, -0.1) is 0 Å². The van der Waals surface area contributed by atoms with E-state index in [9.17, 15) is 9.59 Å². The molecule has 0 aromatic carbocycles. The van der Waals surface area contributed by atoms with Gasteiger partial charge in [0.1, 0.15) is 5.76 Å². The van der Waals surface area contributed by atoms with Crippen LogP contribution in [0.3, 0.4) is 0 Å². The normalized spacial score (nSPS) is 13.1. The van der Waals surface area contributed by atoms with Crippen LogP contribution in [0.1, 0.15) is 44.1 Å². The molecule has 0 saturated heterocycles. The summed E-state index contributed by atoms with van der Waals surface area (Å²) in [6, 6.07) is 0. The Balaban J connectivity index is 2.78. The third-order valence-electron chi connectivity index (χ3n) is 2.74. The second-order valence-corrected chi connectivity index (χ2v) is 5.70. The fourth-order valence-corrected chi connectivity index (χ4v) is 1.45. The standard InChI is InChI=1S/C13H20N2O4/c1-8(12(17)18)7-15(5)11(16)10-14-6-9(19-10)13(2,3)4/h6,8H,7H2,1-5H3,(H,17,18). The van der Waals surface area contributed by atoms with Crippen molar-refractivity contribution in [1.82, 2.24) is 9.88 Å². The van der Waals surface area contributed by atoms with Gasteiger partial charge in [-0.2, -0.15) is 0 Å². The van der Waals surface area contributed by atoms with Gasteiger partial charge in [0.25, 0.3) is 5.89 Å². The predicted molar refractivity (Wildman–Crippen MR) is 69.0 cm³/mol. The summed E-state index contributed by atoms with van der Waals surface area (Å²) in [5.74, 6) is -1.38. The zero-order valence-corrected chi connectivity index (χ0v) is 11.9. The van der Waals surface area contributed by atoms with E-state index in [0.29, 0.717) is 5.76 Å². The summed E-state index contributed by atoms with van der Waals surface area (Å²) in [5.41, 5.74) is -0.224. The highest BCUT2D eigenvalue weighted by Gasteiger charge is 2.25. The van der Waals surface area contributed by atoms with E-state index < -0.39 is 17.8 Å². The minimum atomic E-state index is -0.942. The average Bonchev–Trinajstić information content (AvgIpc) is 2.76. The van der Waals surface area contributed by atoms with Crippen LogP contribution in [0.2, 0.25) is 0 Å². The van der Waals surface area contributed by atoms with Crippen molar-refractivity contribution in [3.8, 4) is 0 Å². The van der Waals surface area contributed by atoms with Crippen molar-refractivity contribution in [3.63, 3.8) is 0 Å². The lowest BCUT2D eigenvalue weighted by atomic mass is 9.94. The van der Waals surface area contributed by atoms with Gasteiger partial charge in [0.15, 0.2) is 0 Å². The number of rotatable bonds is 4. The van der Waals surface area contributed by atoms with E-state index in [1.807, 2.05) is 20.8 Å². The molecule has 0 spiro atoms. The summed E-state index contributed by atoms with van der Waals surface area (Å²) in [4.78, 5) is 28.0. The minimum Gasteiger partial charge on any atom is -0.481 e. The number of aliphatic carboxylic acids is 1. The van der Waals surface area contributed by atoms with E-state index in [-0.39, 0.29) is 17.9 Å². The molecule has 1 rings (SSSR count). The molecular formula is C13H20N2O4. The van der Waals surface area contributed by atoms with Gasteiger partial charge in [-0.25, -0.2) is 4.98 Å². The lowest BCUT2D eigenvalue weighted by Crippen LogP contribution is -2.33. The van der Waals surface area contributed by atoms with Crippen LogP contribution >= 0.6 is 0 Å². The summed E-state index contributed by atoms with van der Waals surface area (Å²) in [6.07, 6.45) is 1.53. The van der Waals surface area contributed by atoms with Gasteiger partial charge in [0, 0.05) is 19.0 Å². The average molecular weight is 268 g/mol. The molecule has 0 aliphatic rings. The molecule has 0 saturated carbocycles. The van der Waals surface area contributed by atoms with Crippen LogP contribution in [0.15, 0.2) is 10.6 Å². The highest BCUT2D eigenvalue weighted by molar-refractivity contribution is 5.89. The maximum atomic E-state index is 12.0. The maximum Gasteiger partial charge on any atom is 0.309 e. The van der Waals surface area contributed by atoms with Crippen molar-refractivity contribution in [2.24, 2.45) is 5.92 Å². The number of hydrogen-bond acceptors (Lipinski definition) is 4. The van der Waals surface area contributed by atoms with E-state index in [4.69, 9.17) is 9.52 Å². The van der Waals surface area contributed by atoms with Crippen molar-refractivity contribution in [2.75, 3.05) is 13.6 Å². The zero-order valence-electron chi connectivity index (χ0n) is 11.9. The third kappa shape index (κ3) is 3.81. The van der Waals surface area contributed by atoms with Crippen LogP contribution in [0, 0.1) is 5.92 Å². The Hall–Kier alpha value is -1.85. The Morgan fingerprint density at radius 1 is 1.47 bits per heavy atom. The van der Waals surface area contributed by atoms with Gasteiger partial charge in [0.05, 0.1) is 12.1 Å². The fourth-order valence-electron chi connectivity index (χ4n) is 1.45. The molecule has 1 atom stereocenters. The first-order valence-electron chi connectivity index (χ1n) is 6.07. The van der Waals surface area contributed by atoms with Crippen molar-refractivity contribution >= 4 is 11.9 Å². The Morgan fingerprint density at radius 3 is 2.47 bits per heavy atom. The number of carbonyl (C=O) groups excluding carboxylic acids is 1. The molecule has 0 aliphatic heterocycles. The summed E-state index contributed by atoms with van der Waals surface area (Å²) < 4.78 is 5.42. The molecule has 106 valence electrons. The highest BCUT2D eigenvalue weighted by Crippen LogP contribution is 2.23. The molecule has 1 heterocycles. The molecular weight excluding hydrogens is 248 g/mol. The number of oxazole rings is 1.